The van der Waals surface area contributed by atoms with Crippen molar-refractivity contribution >= 4 is 28.8 Å². The highest BCUT2D eigenvalue weighted by molar-refractivity contribution is 7.80. The van der Waals surface area contributed by atoms with Crippen LogP contribution >= 0.6 is 12.2 Å². The molecule has 0 saturated carbocycles. The number of aromatic nitrogens is 1. The van der Waals surface area contributed by atoms with Gasteiger partial charge in [0.2, 0.25) is 0 Å². The molecule has 1 aliphatic heterocycles. The van der Waals surface area contributed by atoms with Crippen molar-refractivity contribution in [3.05, 3.63) is 54.2 Å². The van der Waals surface area contributed by atoms with Gasteiger partial charge in [0, 0.05) is 12.6 Å². The van der Waals surface area contributed by atoms with Gasteiger partial charge >= 0.3 is 0 Å². The molecule has 1 aliphatic rings. The Morgan fingerprint density at radius 3 is 2.68 bits per heavy atom. The molecule has 1 saturated heterocycles. The average Bonchev–Trinajstić information content (AvgIpc) is 2.63. The van der Waals surface area contributed by atoms with Gasteiger partial charge in [0.1, 0.15) is 5.82 Å². The van der Waals surface area contributed by atoms with E-state index < -0.39 is 0 Å². The van der Waals surface area contributed by atoms with Gasteiger partial charge < -0.3 is 15.5 Å². The van der Waals surface area contributed by atoms with Gasteiger partial charge in [0.05, 0.1) is 17.9 Å². The van der Waals surface area contributed by atoms with Crippen LogP contribution in [0.1, 0.15) is 44.7 Å². The molecule has 132 valence electrons. The molecule has 0 radical (unpaired) electrons. The maximum absolute atomic E-state index is 5.43. The number of benzene rings is 1. The largest absolute Gasteiger partial charge is 0.356 e. The second-order valence-electron chi connectivity index (χ2n) is 6.67. The molecule has 5 heteroatoms. The number of piperidine rings is 1. The monoisotopic (exact) mass is 354 g/mol. The summed E-state index contributed by atoms with van der Waals surface area (Å²) in [5.41, 5.74) is 2.12. The van der Waals surface area contributed by atoms with Gasteiger partial charge in [-0.05, 0) is 63.0 Å². The number of thiocarbonyl (C=S) groups is 1. The molecule has 0 spiro atoms. The zero-order valence-corrected chi connectivity index (χ0v) is 15.7. The van der Waals surface area contributed by atoms with Crippen LogP contribution < -0.4 is 15.5 Å². The predicted molar refractivity (Wildman–Crippen MR) is 109 cm³/mol. The van der Waals surface area contributed by atoms with E-state index >= 15 is 0 Å². The van der Waals surface area contributed by atoms with Gasteiger partial charge in [-0.15, -0.1) is 0 Å². The highest BCUT2D eigenvalue weighted by Crippen LogP contribution is 2.23. The number of nitrogens with zero attached hydrogens (tertiary/aromatic N) is 2. The lowest BCUT2D eigenvalue weighted by Crippen LogP contribution is -2.38. The molecular weight excluding hydrogens is 328 g/mol. The van der Waals surface area contributed by atoms with E-state index in [2.05, 4.69) is 52.6 Å². The molecule has 0 amide bonds. The van der Waals surface area contributed by atoms with Crippen molar-refractivity contribution in [1.82, 2.24) is 10.3 Å². The van der Waals surface area contributed by atoms with E-state index in [0.29, 0.717) is 11.2 Å². The van der Waals surface area contributed by atoms with Gasteiger partial charge in [-0.1, -0.05) is 30.3 Å². The third-order valence-corrected chi connectivity index (χ3v) is 4.97. The summed E-state index contributed by atoms with van der Waals surface area (Å²) >= 11 is 5.43. The van der Waals surface area contributed by atoms with Crippen molar-refractivity contribution in [1.29, 1.82) is 0 Å². The molecule has 25 heavy (non-hydrogen) atoms. The van der Waals surface area contributed by atoms with E-state index in [1.54, 1.807) is 0 Å². The van der Waals surface area contributed by atoms with Crippen LogP contribution in [0.3, 0.4) is 0 Å². The van der Waals surface area contributed by atoms with E-state index in [4.69, 9.17) is 12.2 Å². The molecule has 1 aromatic heterocycles. The molecule has 3 rings (SSSR count). The summed E-state index contributed by atoms with van der Waals surface area (Å²) < 4.78 is 0. The van der Waals surface area contributed by atoms with Crippen LogP contribution in [0.25, 0.3) is 0 Å². The molecule has 0 aliphatic carbocycles. The topological polar surface area (TPSA) is 40.2 Å². The number of nitrogens with one attached hydrogen (secondary N) is 2. The van der Waals surface area contributed by atoms with Gasteiger partial charge in [0.25, 0.3) is 0 Å². The molecule has 1 aromatic carbocycles. The van der Waals surface area contributed by atoms with Crippen molar-refractivity contribution < 1.29 is 0 Å². The van der Waals surface area contributed by atoms with Crippen LogP contribution in [0, 0.1) is 0 Å². The Bertz CT molecular complexity index is 687. The van der Waals surface area contributed by atoms with Crippen molar-refractivity contribution in [3.8, 4) is 0 Å². The summed E-state index contributed by atoms with van der Waals surface area (Å²) in [7, 11) is 0. The van der Waals surface area contributed by atoms with E-state index in [9.17, 15) is 0 Å². The molecule has 4 nitrogen and oxygen atoms in total. The SMILES string of the molecule is C[C@@H](NC(=S)Nc1ccc(N2CCCC[C@@H]2C)nc1)c1ccccc1. The summed E-state index contributed by atoms with van der Waals surface area (Å²) in [6.45, 7) is 5.47. The first-order valence-corrected chi connectivity index (χ1v) is 9.39. The Kier molecular flexibility index (Phi) is 5.87. The normalized spacial score (nSPS) is 18.5. The Hall–Kier alpha value is -2.14. The second-order valence-corrected chi connectivity index (χ2v) is 7.08. The fraction of sp³-hybridized carbons (Fsp3) is 0.400. The van der Waals surface area contributed by atoms with E-state index in [1.165, 1.54) is 24.8 Å². The van der Waals surface area contributed by atoms with E-state index in [0.717, 1.165) is 18.1 Å². The Balaban J connectivity index is 1.56. The highest BCUT2D eigenvalue weighted by atomic mass is 32.1. The summed E-state index contributed by atoms with van der Waals surface area (Å²) in [4.78, 5) is 7.01. The molecule has 2 N–H and O–H groups in total. The minimum Gasteiger partial charge on any atom is -0.356 e. The van der Waals surface area contributed by atoms with Crippen molar-refractivity contribution in [2.75, 3.05) is 16.8 Å². The molecule has 0 bridgehead atoms. The first-order valence-electron chi connectivity index (χ1n) is 8.98. The van der Waals surface area contributed by atoms with Crippen LogP contribution in [-0.2, 0) is 0 Å². The van der Waals surface area contributed by atoms with Gasteiger partial charge in [-0.25, -0.2) is 4.98 Å². The number of rotatable bonds is 4. The fourth-order valence-corrected chi connectivity index (χ4v) is 3.55. The zero-order chi connectivity index (χ0) is 17.6. The van der Waals surface area contributed by atoms with Gasteiger partial charge in [-0.2, -0.15) is 0 Å². The van der Waals surface area contributed by atoms with Crippen LogP contribution in [0.2, 0.25) is 0 Å². The lowest BCUT2D eigenvalue weighted by atomic mass is 10.0. The zero-order valence-electron chi connectivity index (χ0n) is 14.9. The number of hydrogen-bond acceptors (Lipinski definition) is 3. The maximum Gasteiger partial charge on any atom is 0.171 e. The molecule has 2 aromatic rings. The standard InChI is InChI=1S/C20H26N4S/c1-15-8-6-7-13-24(15)19-12-11-18(14-21-19)23-20(25)22-16(2)17-9-4-3-5-10-17/h3-5,9-12,14-16H,6-8,13H2,1-2H3,(H2,22,23,25)/t15-,16+/m0/s1. The molecule has 2 heterocycles. The van der Waals surface area contributed by atoms with Crippen LogP contribution in [0.15, 0.2) is 48.7 Å². The van der Waals surface area contributed by atoms with Crippen LogP contribution in [0.4, 0.5) is 11.5 Å². The summed E-state index contributed by atoms with van der Waals surface area (Å²) in [5, 5.41) is 7.14. The minimum atomic E-state index is 0.155. The summed E-state index contributed by atoms with van der Waals surface area (Å²) in [6, 6.07) is 15.1. The Labute approximate surface area is 155 Å². The first-order chi connectivity index (χ1) is 12.1. The highest BCUT2D eigenvalue weighted by Gasteiger charge is 2.19. The quantitative estimate of drug-likeness (QED) is 0.791. The fourth-order valence-electron chi connectivity index (χ4n) is 3.26. The number of anilines is 2. The average molecular weight is 355 g/mol. The maximum atomic E-state index is 5.43. The third kappa shape index (κ3) is 4.69. The van der Waals surface area contributed by atoms with Gasteiger partial charge in [0.15, 0.2) is 5.11 Å². The van der Waals surface area contributed by atoms with Crippen LogP contribution in [0.5, 0.6) is 0 Å². The lowest BCUT2D eigenvalue weighted by molar-refractivity contribution is 0.481. The van der Waals surface area contributed by atoms with Gasteiger partial charge in [-0.3, -0.25) is 0 Å². The number of hydrogen-bond donors (Lipinski definition) is 2. The van der Waals surface area contributed by atoms with Crippen molar-refractivity contribution in [2.45, 2.75) is 45.2 Å². The van der Waals surface area contributed by atoms with Crippen molar-refractivity contribution in [3.63, 3.8) is 0 Å². The van der Waals surface area contributed by atoms with E-state index in [-0.39, 0.29) is 6.04 Å². The molecular formula is C20H26N4S. The minimum absolute atomic E-state index is 0.155. The summed E-state index contributed by atoms with van der Waals surface area (Å²) in [5.74, 6) is 1.05. The third-order valence-electron chi connectivity index (χ3n) is 4.75. The predicted octanol–water partition coefficient (Wildman–Crippen LogP) is 4.51. The Morgan fingerprint density at radius 1 is 1.20 bits per heavy atom. The lowest BCUT2D eigenvalue weighted by Gasteiger charge is -2.34. The molecule has 0 unspecified atom stereocenters. The Morgan fingerprint density at radius 2 is 2.00 bits per heavy atom. The van der Waals surface area contributed by atoms with E-state index in [1.807, 2.05) is 30.5 Å². The molecule has 2 atom stereocenters. The summed E-state index contributed by atoms with van der Waals surface area (Å²) in [6.07, 6.45) is 5.67. The number of pyridine rings is 1. The smallest absolute Gasteiger partial charge is 0.171 e. The molecule has 1 fully saturated rings. The second kappa shape index (κ2) is 8.30. The first kappa shape index (κ1) is 17.7. The van der Waals surface area contributed by atoms with Crippen LogP contribution in [-0.4, -0.2) is 22.7 Å². The van der Waals surface area contributed by atoms with Crippen molar-refractivity contribution in [2.24, 2.45) is 0 Å².